The molecule has 0 fully saturated rings. The standard InChI is InChI=1S/C15H24O3/c1-3-17-15(18-4-2)14(16)12-8-11-13-9-6-5-7-10-13/h5-7,9-10,14-16H,3-4,8,11-12H2,1-2H3. The van der Waals surface area contributed by atoms with E-state index in [0.717, 1.165) is 12.8 Å². The van der Waals surface area contributed by atoms with Gasteiger partial charge in [0.2, 0.25) is 0 Å². The van der Waals surface area contributed by atoms with Crippen molar-refractivity contribution >= 4 is 0 Å². The van der Waals surface area contributed by atoms with Crippen LogP contribution in [0.15, 0.2) is 30.3 Å². The number of benzene rings is 1. The van der Waals surface area contributed by atoms with Crippen LogP contribution in [0.3, 0.4) is 0 Å². The zero-order chi connectivity index (χ0) is 13.2. The molecule has 0 radical (unpaired) electrons. The zero-order valence-corrected chi connectivity index (χ0v) is 11.3. The van der Waals surface area contributed by atoms with Crippen LogP contribution in [0.2, 0.25) is 0 Å². The monoisotopic (exact) mass is 252 g/mol. The Morgan fingerprint density at radius 2 is 1.67 bits per heavy atom. The van der Waals surface area contributed by atoms with Crippen LogP contribution >= 0.6 is 0 Å². The predicted molar refractivity (Wildman–Crippen MR) is 72.4 cm³/mol. The Balaban J connectivity index is 2.28. The van der Waals surface area contributed by atoms with E-state index in [-0.39, 0.29) is 0 Å². The van der Waals surface area contributed by atoms with Gasteiger partial charge in [-0.25, -0.2) is 0 Å². The molecule has 0 aliphatic rings. The molecule has 0 saturated carbocycles. The smallest absolute Gasteiger partial charge is 0.183 e. The van der Waals surface area contributed by atoms with Gasteiger partial charge in [0.1, 0.15) is 6.10 Å². The van der Waals surface area contributed by atoms with Gasteiger partial charge in [-0.05, 0) is 38.7 Å². The number of aryl methyl sites for hydroxylation is 1. The predicted octanol–water partition coefficient (Wildman–Crippen LogP) is 2.77. The first-order valence-corrected chi connectivity index (χ1v) is 6.73. The number of aliphatic hydroxyl groups excluding tert-OH is 1. The molecule has 0 heterocycles. The molecular weight excluding hydrogens is 228 g/mol. The molecule has 1 N–H and O–H groups in total. The van der Waals surface area contributed by atoms with Crippen molar-refractivity contribution in [1.29, 1.82) is 0 Å². The van der Waals surface area contributed by atoms with Crippen molar-refractivity contribution in [3.63, 3.8) is 0 Å². The molecular formula is C15H24O3. The Kier molecular flexibility index (Phi) is 7.65. The molecule has 0 aromatic heterocycles. The molecule has 0 bridgehead atoms. The summed E-state index contributed by atoms with van der Waals surface area (Å²) in [5.41, 5.74) is 1.30. The van der Waals surface area contributed by atoms with E-state index in [1.807, 2.05) is 32.0 Å². The van der Waals surface area contributed by atoms with Crippen LogP contribution < -0.4 is 0 Å². The summed E-state index contributed by atoms with van der Waals surface area (Å²) in [6.45, 7) is 4.92. The lowest BCUT2D eigenvalue weighted by atomic mass is 10.1. The van der Waals surface area contributed by atoms with Gasteiger partial charge in [-0.1, -0.05) is 30.3 Å². The van der Waals surface area contributed by atoms with Crippen molar-refractivity contribution in [2.24, 2.45) is 0 Å². The number of aliphatic hydroxyl groups is 1. The summed E-state index contributed by atoms with van der Waals surface area (Å²) < 4.78 is 10.7. The van der Waals surface area contributed by atoms with Gasteiger partial charge in [0.05, 0.1) is 0 Å². The number of hydrogen-bond donors (Lipinski definition) is 1. The van der Waals surface area contributed by atoms with Gasteiger partial charge in [0.15, 0.2) is 6.29 Å². The van der Waals surface area contributed by atoms with Crippen molar-refractivity contribution in [1.82, 2.24) is 0 Å². The fourth-order valence-corrected chi connectivity index (χ4v) is 1.89. The van der Waals surface area contributed by atoms with Crippen LogP contribution in [0.4, 0.5) is 0 Å². The van der Waals surface area contributed by atoms with Gasteiger partial charge in [0, 0.05) is 13.2 Å². The lowest BCUT2D eigenvalue weighted by Gasteiger charge is -2.22. The Hall–Kier alpha value is -0.900. The minimum Gasteiger partial charge on any atom is -0.388 e. The lowest BCUT2D eigenvalue weighted by molar-refractivity contribution is -0.190. The van der Waals surface area contributed by atoms with Crippen LogP contribution in [-0.4, -0.2) is 30.7 Å². The summed E-state index contributed by atoms with van der Waals surface area (Å²) in [4.78, 5) is 0. The third-order valence-corrected chi connectivity index (χ3v) is 2.78. The molecule has 18 heavy (non-hydrogen) atoms. The third-order valence-electron chi connectivity index (χ3n) is 2.78. The zero-order valence-electron chi connectivity index (χ0n) is 11.3. The van der Waals surface area contributed by atoms with Crippen LogP contribution in [0.5, 0.6) is 0 Å². The van der Waals surface area contributed by atoms with Crippen LogP contribution in [-0.2, 0) is 15.9 Å². The molecule has 0 spiro atoms. The largest absolute Gasteiger partial charge is 0.388 e. The maximum Gasteiger partial charge on any atom is 0.183 e. The molecule has 1 aromatic carbocycles. The van der Waals surface area contributed by atoms with E-state index in [2.05, 4.69) is 12.1 Å². The second-order valence-electron chi connectivity index (χ2n) is 4.22. The normalized spacial score (nSPS) is 12.9. The van der Waals surface area contributed by atoms with Gasteiger partial charge < -0.3 is 14.6 Å². The Morgan fingerprint density at radius 3 is 2.22 bits per heavy atom. The van der Waals surface area contributed by atoms with Gasteiger partial charge >= 0.3 is 0 Å². The minimum atomic E-state index is -0.548. The topological polar surface area (TPSA) is 38.7 Å². The van der Waals surface area contributed by atoms with Crippen molar-refractivity contribution < 1.29 is 14.6 Å². The molecule has 1 unspecified atom stereocenters. The van der Waals surface area contributed by atoms with E-state index in [1.54, 1.807) is 0 Å². The van der Waals surface area contributed by atoms with Crippen LogP contribution in [0.25, 0.3) is 0 Å². The quantitative estimate of drug-likeness (QED) is 0.687. The Morgan fingerprint density at radius 1 is 1.06 bits per heavy atom. The average Bonchev–Trinajstić information content (AvgIpc) is 2.39. The molecule has 0 aliphatic carbocycles. The number of hydrogen-bond acceptors (Lipinski definition) is 3. The van der Waals surface area contributed by atoms with Gasteiger partial charge in [-0.2, -0.15) is 0 Å². The lowest BCUT2D eigenvalue weighted by Crippen LogP contribution is -2.32. The average molecular weight is 252 g/mol. The summed E-state index contributed by atoms with van der Waals surface area (Å²) in [5.74, 6) is 0. The molecule has 0 saturated heterocycles. The van der Waals surface area contributed by atoms with Crippen LogP contribution in [0, 0.1) is 0 Å². The minimum absolute atomic E-state index is 0.490. The Bertz CT molecular complexity index is 294. The fraction of sp³-hybridized carbons (Fsp3) is 0.600. The van der Waals surface area contributed by atoms with E-state index in [4.69, 9.17) is 9.47 Å². The van der Waals surface area contributed by atoms with Crippen molar-refractivity contribution in [3.8, 4) is 0 Å². The van der Waals surface area contributed by atoms with Crippen molar-refractivity contribution in [2.75, 3.05) is 13.2 Å². The number of rotatable bonds is 9. The maximum atomic E-state index is 10.00. The first-order valence-electron chi connectivity index (χ1n) is 6.73. The highest BCUT2D eigenvalue weighted by Crippen LogP contribution is 2.11. The maximum absolute atomic E-state index is 10.00. The summed E-state index contributed by atoms with van der Waals surface area (Å²) in [6.07, 6.45) is 1.56. The highest BCUT2D eigenvalue weighted by Gasteiger charge is 2.18. The van der Waals surface area contributed by atoms with E-state index in [1.165, 1.54) is 5.56 Å². The highest BCUT2D eigenvalue weighted by molar-refractivity contribution is 5.14. The number of ether oxygens (including phenoxy) is 2. The molecule has 0 aliphatic heterocycles. The molecule has 1 atom stereocenters. The summed E-state index contributed by atoms with van der Waals surface area (Å²) >= 11 is 0. The summed E-state index contributed by atoms with van der Waals surface area (Å²) in [6, 6.07) is 10.3. The van der Waals surface area contributed by atoms with Crippen molar-refractivity contribution in [3.05, 3.63) is 35.9 Å². The molecule has 3 nitrogen and oxygen atoms in total. The van der Waals surface area contributed by atoms with E-state index < -0.39 is 12.4 Å². The van der Waals surface area contributed by atoms with Gasteiger partial charge in [0.25, 0.3) is 0 Å². The van der Waals surface area contributed by atoms with Gasteiger partial charge in [-0.15, -0.1) is 0 Å². The van der Waals surface area contributed by atoms with E-state index >= 15 is 0 Å². The fourth-order valence-electron chi connectivity index (χ4n) is 1.89. The molecule has 0 amide bonds. The molecule has 3 heteroatoms. The first kappa shape index (κ1) is 15.2. The summed E-state index contributed by atoms with van der Waals surface area (Å²) in [5, 5.41) is 10.00. The molecule has 1 rings (SSSR count). The van der Waals surface area contributed by atoms with E-state index in [9.17, 15) is 5.11 Å². The third kappa shape index (κ3) is 5.63. The second kappa shape index (κ2) is 9.09. The van der Waals surface area contributed by atoms with Gasteiger partial charge in [-0.3, -0.25) is 0 Å². The van der Waals surface area contributed by atoms with Crippen molar-refractivity contribution in [2.45, 2.75) is 45.5 Å². The summed E-state index contributed by atoms with van der Waals surface area (Å²) in [7, 11) is 0. The SMILES string of the molecule is CCOC(OCC)C(O)CCCc1ccccc1. The second-order valence-corrected chi connectivity index (χ2v) is 4.22. The highest BCUT2D eigenvalue weighted by atomic mass is 16.7. The van der Waals surface area contributed by atoms with E-state index in [0.29, 0.717) is 19.6 Å². The molecule has 102 valence electrons. The Labute approximate surface area is 110 Å². The first-order chi connectivity index (χ1) is 8.77. The molecule has 1 aromatic rings. The van der Waals surface area contributed by atoms with Crippen LogP contribution in [0.1, 0.15) is 32.3 Å².